The van der Waals surface area contributed by atoms with Crippen molar-refractivity contribution in [3.05, 3.63) is 37.5 Å². The molecule has 0 spiro atoms. The maximum atomic E-state index is 10.7. The minimum Gasteiger partial charge on any atom is -0.478 e. The number of aliphatic carboxylic acids is 1. The number of amides is 1. The van der Waals surface area contributed by atoms with Crippen molar-refractivity contribution in [3.8, 4) is 0 Å². The molecule has 32 heavy (non-hydrogen) atoms. The Morgan fingerprint density at radius 2 is 1.41 bits per heavy atom. The van der Waals surface area contributed by atoms with Gasteiger partial charge in [0.05, 0.1) is 7.11 Å². The largest absolute Gasteiger partial charge is 0.478 e. The molecule has 0 aromatic heterocycles. The number of unbranched alkanes of at least 4 members (excludes halogenated alkanes) is 6. The summed E-state index contributed by atoms with van der Waals surface area (Å²) >= 11 is 0. The summed E-state index contributed by atoms with van der Waals surface area (Å²) in [5, 5.41) is 14.5. The van der Waals surface area contributed by atoms with Gasteiger partial charge in [0.2, 0.25) is 5.91 Å². The first kappa shape index (κ1) is 34.2. The number of ether oxygens (including phenoxy) is 1. The second-order valence-electron chi connectivity index (χ2n) is 7.11. The van der Waals surface area contributed by atoms with Crippen molar-refractivity contribution in [1.82, 2.24) is 10.6 Å². The van der Waals surface area contributed by atoms with E-state index in [-0.39, 0.29) is 5.91 Å². The summed E-state index contributed by atoms with van der Waals surface area (Å²) in [4.78, 5) is 30.9. The Bertz CT molecular complexity index is 516. The maximum Gasteiger partial charge on any atom is 0.330 e. The Hall–Kier alpha value is -2.41. The number of hydrogen-bond acceptors (Lipinski definition) is 5. The highest BCUT2D eigenvalue weighted by molar-refractivity contribution is 5.86. The highest BCUT2D eigenvalue weighted by Crippen LogP contribution is 2.04. The minimum absolute atomic E-state index is 0.0615. The van der Waals surface area contributed by atoms with Gasteiger partial charge in [0, 0.05) is 18.2 Å². The molecule has 0 fully saturated rings. The molecule has 0 aromatic carbocycles. The fourth-order valence-corrected chi connectivity index (χ4v) is 2.23. The second-order valence-corrected chi connectivity index (χ2v) is 7.11. The molecule has 0 aromatic rings. The fourth-order valence-electron chi connectivity index (χ4n) is 2.23. The second kappa shape index (κ2) is 28.6. The van der Waals surface area contributed by atoms with E-state index in [0.29, 0.717) is 12.0 Å². The van der Waals surface area contributed by atoms with Gasteiger partial charge in [-0.2, -0.15) is 0 Å². The molecule has 0 rings (SSSR count). The van der Waals surface area contributed by atoms with Crippen LogP contribution in [0.15, 0.2) is 37.5 Å². The average molecular weight is 455 g/mol. The van der Waals surface area contributed by atoms with E-state index in [0.717, 1.165) is 38.6 Å². The monoisotopic (exact) mass is 454 g/mol. The molecule has 0 bridgehead atoms. The third-order valence-electron chi connectivity index (χ3n) is 4.22. The van der Waals surface area contributed by atoms with Crippen LogP contribution in [0.3, 0.4) is 0 Å². The molecule has 0 aliphatic heterocycles. The molecule has 1 amide bonds. The zero-order chi connectivity index (χ0) is 25.0. The highest BCUT2D eigenvalue weighted by atomic mass is 16.5. The SMILES string of the molecule is C=C(CCCNCCCC)C(=O)O.C=CC(=O)NCCCCCCCC.C=CC(=O)OC. The van der Waals surface area contributed by atoms with Gasteiger partial charge in [-0.3, -0.25) is 4.79 Å². The quantitative estimate of drug-likeness (QED) is 0.166. The zero-order valence-electron chi connectivity index (χ0n) is 20.5. The van der Waals surface area contributed by atoms with Crippen LogP contribution in [-0.4, -0.2) is 49.7 Å². The van der Waals surface area contributed by atoms with Crippen LogP contribution >= 0.6 is 0 Å². The van der Waals surface area contributed by atoms with E-state index < -0.39 is 11.9 Å². The first-order chi connectivity index (χ1) is 15.3. The molecule has 0 saturated heterocycles. The van der Waals surface area contributed by atoms with Crippen LogP contribution in [0, 0.1) is 0 Å². The smallest absolute Gasteiger partial charge is 0.330 e. The molecular weight excluding hydrogens is 408 g/mol. The summed E-state index contributed by atoms with van der Waals surface area (Å²) in [6.07, 6.45) is 13.8. The predicted octanol–water partition coefficient (Wildman–Crippen LogP) is 4.79. The number of hydrogen-bond donors (Lipinski definition) is 3. The molecule has 7 nitrogen and oxygen atoms in total. The molecule has 186 valence electrons. The maximum absolute atomic E-state index is 10.7. The number of carbonyl (C=O) groups excluding carboxylic acids is 2. The Labute approximate surface area is 195 Å². The van der Waals surface area contributed by atoms with Crippen LogP contribution in [0.4, 0.5) is 0 Å². The first-order valence-electron chi connectivity index (χ1n) is 11.5. The Morgan fingerprint density at radius 3 is 1.88 bits per heavy atom. The van der Waals surface area contributed by atoms with E-state index in [1.165, 1.54) is 58.1 Å². The first-order valence-corrected chi connectivity index (χ1v) is 11.5. The summed E-state index contributed by atoms with van der Waals surface area (Å²) < 4.78 is 4.14. The van der Waals surface area contributed by atoms with Crippen molar-refractivity contribution in [2.24, 2.45) is 0 Å². The van der Waals surface area contributed by atoms with E-state index in [9.17, 15) is 14.4 Å². The highest BCUT2D eigenvalue weighted by Gasteiger charge is 2.01. The van der Waals surface area contributed by atoms with E-state index in [1.807, 2.05) is 0 Å². The van der Waals surface area contributed by atoms with Crippen molar-refractivity contribution in [1.29, 1.82) is 0 Å². The molecule has 0 aliphatic rings. The number of carboxylic acid groups (broad SMARTS) is 1. The standard InChI is InChI=1S/C11H21NO.C10H19NO2.C4H6O2/c1-3-5-6-7-8-9-10-12-11(13)4-2;1-3-4-7-11-8-5-6-9(2)10(12)13;1-3-4(5)6-2/h4H,2-3,5-10H2,1H3,(H,12,13);11H,2-8H2,1H3,(H,12,13);3H,1H2,2H3. The number of carboxylic acids is 1. The normalized spacial score (nSPS) is 9.22. The van der Waals surface area contributed by atoms with Gasteiger partial charge in [0.25, 0.3) is 0 Å². The molecule has 7 heteroatoms. The Balaban J connectivity index is -0.000000422. The number of carbonyl (C=O) groups is 3. The third-order valence-corrected chi connectivity index (χ3v) is 4.22. The lowest BCUT2D eigenvalue weighted by molar-refractivity contribution is -0.135. The topological polar surface area (TPSA) is 105 Å². The van der Waals surface area contributed by atoms with Crippen molar-refractivity contribution in [2.75, 3.05) is 26.7 Å². The Kier molecular flexibility index (Phi) is 30.6. The predicted molar refractivity (Wildman–Crippen MR) is 133 cm³/mol. The fraction of sp³-hybridized carbons (Fsp3) is 0.640. The lowest BCUT2D eigenvalue weighted by Crippen LogP contribution is -2.21. The van der Waals surface area contributed by atoms with Crippen LogP contribution in [0.5, 0.6) is 0 Å². The molecule has 3 N–H and O–H groups in total. The van der Waals surface area contributed by atoms with E-state index >= 15 is 0 Å². The van der Waals surface area contributed by atoms with Crippen LogP contribution < -0.4 is 10.6 Å². The number of nitrogens with one attached hydrogen (secondary N) is 2. The Morgan fingerprint density at radius 1 is 0.844 bits per heavy atom. The number of methoxy groups -OCH3 is 1. The molecule has 0 saturated carbocycles. The van der Waals surface area contributed by atoms with Crippen LogP contribution in [0.25, 0.3) is 0 Å². The molecule has 0 atom stereocenters. The van der Waals surface area contributed by atoms with Gasteiger partial charge < -0.3 is 20.5 Å². The zero-order valence-corrected chi connectivity index (χ0v) is 20.5. The summed E-state index contributed by atoms with van der Waals surface area (Å²) in [5.41, 5.74) is 0.303. The summed E-state index contributed by atoms with van der Waals surface area (Å²) in [6, 6.07) is 0. The van der Waals surface area contributed by atoms with Gasteiger partial charge in [0.1, 0.15) is 0 Å². The average Bonchev–Trinajstić information content (AvgIpc) is 2.80. The van der Waals surface area contributed by atoms with Gasteiger partial charge >= 0.3 is 11.9 Å². The summed E-state index contributed by atoms with van der Waals surface area (Å²) in [6.45, 7) is 17.1. The van der Waals surface area contributed by atoms with Crippen LogP contribution in [0.1, 0.15) is 78.1 Å². The molecule has 0 radical (unpaired) electrons. The van der Waals surface area contributed by atoms with Crippen molar-refractivity contribution < 1.29 is 24.2 Å². The van der Waals surface area contributed by atoms with Gasteiger partial charge in [-0.05, 0) is 44.8 Å². The minimum atomic E-state index is -0.881. The molecule has 0 aliphatic carbocycles. The van der Waals surface area contributed by atoms with Crippen molar-refractivity contribution in [3.63, 3.8) is 0 Å². The van der Waals surface area contributed by atoms with Crippen molar-refractivity contribution in [2.45, 2.75) is 78.1 Å². The van der Waals surface area contributed by atoms with Crippen LogP contribution in [-0.2, 0) is 19.1 Å². The molecular formula is C25H46N2O5. The lowest BCUT2D eigenvalue weighted by atomic mass is 10.1. The van der Waals surface area contributed by atoms with Gasteiger partial charge in [-0.25, -0.2) is 9.59 Å². The van der Waals surface area contributed by atoms with Gasteiger partial charge in [-0.15, -0.1) is 0 Å². The van der Waals surface area contributed by atoms with Gasteiger partial charge in [-0.1, -0.05) is 72.1 Å². The summed E-state index contributed by atoms with van der Waals surface area (Å²) in [5.74, 6) is -1.34. The molecule has 0 unspecified atom stereocenters. The van der Waals surface area contributed by atoms with Crippen LogP contribution in [0.2, 0.25) is 0 Å². The summed E-state index contributed by atoms with van der Waals surface area (Å²) in [7, 11) is 1.31. The third kappa shape index (κ3) is 32.3. The van der Waals surface area contributed by atoms with E-state index in [1.54, 1.807) is 0 Å². The lowest BCUT2D eigenvalue weighted by Gasteiger charge is -2.03. The van der Waals surface area contributed by atoms with Gasteiger partial charge in [0.15, 0.2) is 0 Å². The van der Waals surface area contributed by atoms with E-state index in [4.69, 9.17) is 5.11 Å². The molecule has 0 heterocycles. The van der Waals surface area contributed by atoms with E-state index in [2.05, 4.69) is 49.0 Å². The van der Waals surface area contributed by atoms with Crippen molar-refractivity contribution >= 4 is 17.8 Å². The number of rotatable bonds is 17. The number of esters is 1.